The van der Waals surface area contributed by atoms with Crippen molar-refractivity contribution in [2.45, 2.75) is 12.4 Å². The van der Waals surface area contributed by atoms with Gasteiger partial charge in [-0.3, -0.25) is 9.59 Å². The Morgan fingerprint density at radius 3 is 1.48 bits per heavy atom. The molecule has 0 bridgehead atoms. The number of phenols is 1. The lowest BCUT2D eigenvalue weighted by molar-refractivity contribution is -0.167. The first kappa shape index (κ1) is 16.6. The molecule has 2 amide bonds. The third kappa shape index (κ3) is 4.26. The highest BCUT2D eigenvalue weighted by atomic mass is 19.4. The molecule has 0 atom stereocenters. The van der Waals surface area contributed by atoms with Crippen LogP contribution >= 0.6 is 0 Å². The fraction of sp³-hybridized carbons (Fsp3) is 0.200. The molecule has 0 aliphatic heterocycles. The van der Waals surface area contributed by atoms with Crippen LogP contribution in [0.5, 0.6) is 5.75 Å². The number of aromatic hydroxyl groups is 1. The number of rotatable bonds is 2. The van der Waals surface area contributed by atoms with Crippen LogP contribution in [-0.2, 0) is 9.59 Å². The molecule has 5 nitrogen and oxygen atoms in total. The van der Waals surface area contributed by atoms with E-state index >= 15 is 0 Å². The summed E-state index contributed by atoms with van der Waals surface area (Å²) in [6.45, 7) is 0. The van der Waals surface area contributed by atoms with Crippen molar-refractivity contribution >= 4 is 23.2 Å². The van der Waals surface area contributed by atoms with Crippen LogP contribution in [0.4, 0.5) is 37.7 Å². The second-order valence-electron chi connectivity index (χ2n) is 3.61. The topological polar surface area (TPSA) is 78.4 Å². The zero-order valence-electron chi connectivity index (χ0n) is 9.76. The molecule has 0 unspecified atom stereocenters. The van der Waals surface area contributed by atoms with Gasteiger partial charge in [-0.2, -0.15) is 26.3 Å². The number of alkyl halides is 6. The van der Waals surface area contributed by atoms with E-state index in [4.69, 9.17) is 0 Å². The molecule has 1 aromatic rings. The Labute approximate surface area is 112 Å². The van der Waals surface area contributed by atoms with Crippen LogP contribution in [0.25, 0.3) is 0 Å². The minimum Gasteiger partial charge on any atom is -0.504 e. The van der Waals surface area contributed by atoms with E-state index in [1.54, 1.807) is 0 Å². The SMILES string of the molecule is O=C(Nc1cccc(NC(=O)C(F)(F)F)c1O)C(F)(F)F. The maximum Gasteiger partial charge on any atom is 0.471 e. The first-order valence-electron chi connectivity index (χ1n) is 5.01. The third-order valence-corrected chi connectivity index (χ3v) is 2.05. The lowest BCUT2D eigenvalue weighted by atomic mass is 10.2. The van der Waals surface area contributed by atoms with Gasteiger partial charge in [0, 0.05) is 0 Å². The van der Waals surface area contributed by atoms with Gasteiger partial charge in [0.2, 0.25) is 0 Å². The fourth-order valence-corrected chi connectivity index (χ4v) is 1.13. The van der Waals surface area contributed by atoms with E-state index in [0.29, 0.717) is 0 Å². The van der Waals surface area contributed by atoms with Crippen molar-refractivity contribution in [3.63, 3.8) is 0 Å². The average Bonchev–Trinajstić information content (AvgIpc) is 2.31. The Kier molecular flexibility index (Phi) is 4.35. The Hall–Kier alpha value is -2.46. The van der Waals surface area contributed by atoms with Crippen LogP contribution in [0, 0.1) is 0 Å². The molecule has 0 saturated carbocycles. The second-order valence-corrected chi connectivity index (χ2v) is 3.61. The number of halogens is 6. The summed E-state index contributed by atoms with van der Waals surface area (Å²) in [6, 6.07) is 2.54. The number of anilines is 2. The molecule has 0 aliphatic rings. The highest BCUT2D eigenvalue weighted by Gasteiger charge is 2.40. The largest absolute Gasteiger partial charge is 0.504 e. The molecular formula is C10H6F6N2O3. The molecule has 0 fully saturated rings. The minimum absolute atomic E-state index is 0.808. The van der Waals surface area contributed by atoms with E-state index < -0.39 is 41.3 Å². The number of carbonyl (C=O) groups excluding carboxylic acids is 2. The highest BCUT2D eigenvalue weighted by Crippen LogP contribution is 2.33. The molecule has 1 rings (SSSR count). The first-order chi connectivity index (χ1) is 9.43. The van der Waals surface area contributed by atoms with Crippen molar-refractivity contribution in [1.82, 2.24) is 0 Å². The van der Waals surface area contributed by atoms with Gasteiger partial charge in [-0.05, 0) is 12.1 Å². The molecule has 1 aromatic carbocycles. The maximum atomic E-state index is 12.0. The number of hydrogen-bond acceptors (Lipinski definition) is 3. The van der Waals surface area contributed by atoms with E-state index in [-0.39, 0.29) is 0 Å². The zero-order chi connectivity index (χ0) is 16.4. The predicted octanol–water partition coefficient (Wildman–Crippen LogP) is 2.39. The number of nitrogens with one attached hydrogen (secondary N) is 2. The first-order valence-corrected chi connectivity index (χ1v) is 5.01. The Balaban J connectivity index is 2.99. The van der Waals surface area contributed by atoms with Gasteiger partial charge >= 0.3 is 24.2 Å². The number of hydrogen-bond donors (Lipinski definition) is 3. The number of phenolic OH excluding ortho intramolecular Hbond substituents is 1. The van der Waals surface area contributed by atoms with Crippen molar-refractivity contribution < 1.29 is 41.0 Å². The summed E-state index contributed by atoms with van der Waals surface area (Å²) in [4.78, 5) is 21.3. The fourth-order valence-electron chi connectivity index (χ4n) is 1.13. The molecule has 0 radical (unpaired) electrons. The molecule has 0 aromatic heterocycles. The van der Waals surface area contributed by atoms with Crippen molar-refractivity contribution in [3.05, 3.63) is 18.2 Å². The standard InChI is InChI=1S/C10H6F6N2O3/c11-9(12,13)7(20)17-4-2-1-3-5(6(4)19)18-8(21)10(14,15)16/h1-3,19H,(H,17,20)(H,18,21). The monoisotopic (exact) mass is 316 g/mol. The quantitative estimate of drug-likeness (QED) is 0.579. The molecule has 11 heteroatoms. The smallest absolute Gasteiger partial charge is 0.471 e. The van der Waals surface area contributed by atoms with Gasteiger partial charge in [-0.1, -0.05) is 6.07 Å². The molecule has 0 saturated heterocycles. The van der Waals surface area contributed by atoms with Crippen molar-refractivity contribution in [3.8, 4) is 5.75 Å². The summed E-state index contributed by atoms with van der Waals surface area (Å²) in [5.41, 5.74) is -1.62. The summed E-state index contributed by atoms with van der Waals surface area (Å²) in [7, 11) is 0. The van der Waals surface area contributed by atoms with Crippen LogP contribution in [0.3, 0.4) is 0 Å². The van der Waals surface area contributed by atoms with Crippen LogP contribution in [0.1, 0.15) is 0 Å². The molecule has 3 N–H and O–H groups in total. The third-order valence-electron chi connectivity index (χ3n) is 2.05. The predicted molar refractivity (Wildman–Crippen MR) is 57.5 cm³/mol. The highest BCUT2D eigenvalue weighted by molar-refractivity contribution is 6.00. The van der Waals surface area contributed by atoms with Crippen molar-refractivity contribution in [2.75, 3.05) is 10.6 Å². The van der Waals surface area contributed by atoms with Crippen LogP contribution in [0.15, 0.2) is 18.2 Å². The second kappa shape index (κ2) is 5.50. The van der Waals surface area contributed by atoms with Gasteiger partial charge in [-0.25, -0.2) is 0 Å². The average molecular weight is 316 g/mol. The van der Waals surface area contributed by atoms with Crippen molar-refractivity contribution in [2.24, 2.45) is 0 Å². The van der Waals surface area contributed by atoms with Gasteiger partial charge < -0.3 is 15.7 Å². The van der Waals surface area contributed by atoms with Gasteiger partial charge in [0.05, 0.1) is 11.4 Å². The molecule has 21 heavy (non-hydrogen) atoms. The molecular weight excluding hydrogens is 310 g/mol. The van der Waals surface area contributed by atoms with Crippen molar-refractivity contribution in [1.29, 1.82) is 0 Å². The Morgan fingerprint density at radius 2 is 1.19 bits per heavy atom. The van der Waals surface area contributed by atoms with Gasteiger partial charge in [0.25, 0.3) is 0 Å². The Morgan fingerprint density at radius 1 is 0.857 bits per heavy atom. The minimum atomic E-state index is -5.25. The summed E-state index contributed by atoms with van der Waals surface area (Å²) >= 11 is 0. The lowest BCUT2D eigenvalue weighted by Crippen LogP contribution is -2.31. The lowest BCUT2D eigenvalue weighted by Gasteiger charge is -2.13. The van der Waals surface area contributed by atoms with Crippen LogP contribution < -0.4 is 10.6 Å². The number of para-hydroxylation sites is 1. The number of benzene rings is 1. The molecule has 116 valence electrons. The van der Waals surface area contributed by atoms with E-state index in [2.05, 4.69) is 0 Å². The van der Waals surface area contributed by atoms with Gasteiger partial charge in [0.1, 0.15) is 0 Å². The number of amides is 2. The van der Waals surface area contributed by atoms with E-state index in [9.17, 15) is 41.0 Å². The van der Waals surface area contributed by atoms with Gasteiger partial charge in [-0.15, -0.1) is 0 Å². The van der Waals surface area contributed by atoms with E-state index in [1.165, 1.54) is 10.6 Å². The summed E-state index contributed by atoms with van der Waals surface area (Å²) in [6.07, 6.45) is -10.5. The summed E-state index contributed by atoms with van der Waals surface area (Å²) < 4.78 is 72.1. The normalized spacial score (nSPS) is 11.9. The summed E-state index contributed by atoms with van der Waals surface area (Å²) in [5, 5.41) is 12.0. The zero-order valence-corrected chi connectivity index (χ0v) is 9.76. The van der Waals surface area contributed by atoms with Crippen LogP contribution in [0.2, 0.25) is 0 Å². The molecule has 0 aliphatic carbocycles. The number of carbonyl (C=O) groups is 2. The maximum absolute atomic E-state index is 12.0. The Bertz CT molecular complexity index is 521. The molecule has 0 spiro atoms. The van der Waals surface area contributed by atoms with E-state index in [1.807, 2.05) is 0 Å². The van der Waals surface area contributed by atoms with Gasteiger partial charge in [0.15, 0.2) is 5.75 Å². The van der Waals surface area contributed by atoms with Crippen LogP contribution in [-0.4, -0.2) is 29.3 Å². The molecule has 0 heterocycles. The van der Waals surface area contributed by atoms with E-state index in [0.717, 1.165) is 18.2 Å². The summed E-state index contributed by atoms with van der Waals surface area (Å²) in [5.74, 6) is -6.01.